The summed E-state index contributed by atoms with van der Waals surface area (Å²) in [6, 6.07) is 6.63. The Hall–Kier alpha value is -1.81. The molecule has 5 heteroatoms. The van der Waals surface area contributed by atoms with E-state index in [2.05, 4.69) is 4.98 Å². The van der Waals surface area contributed by atoms with E-state index in [-0.39, 0.29) is 5.69 Å². The zero-order chi connectivity index (χ0) is 11.7. The van der Waals surface area contributed by atoms with Crippen LogP contribution in [0.15, 0.2) is 30.5 Å². The van der Waals surface area contributed by atoms with Gasteiger partial charge in [0, 0.05) is 16.8 Å². The van der Waals surface area contributed by atoms with Crippen LogP contribution in [0, 0.1) is 5.82 Å². The number of carbonyl (C=O) groups is 1. The lowest BCUT2D eigenvalue weighted by molar-refractivity contribution is 0.0692. The fraction of sp³-hybridized carbons (Fsp3) is 0. The van der Waals surface area contributed by atoms with Crippen molar-refractivity contribution >= 4 is 17.6 Å². The Balaban J connectivity index is 2.58. The highest BCUT2D eigenvalue weighted by atomic mass is 35.5. The van der Waals surface area contributed by atoms with Crippen molar-refractivity contribution in [2.75, 3.05) is 0 Å². The van der Waals surface area contributed by atoms with E-state index in [0.717, 1.165) is 6.20 Å². The molecule has 0 amide bonds. The molecule has 82 valence electrons. The zero-order valence-corrected chi connectivity index (χ0v) is 8.75. The second-order valence-corrected chi connectivity index (χ2v) is 3.58. The van der Waals surface area contributed by atoms with Gasteiger partial charge in [-0.05, 0) is 6.07 Å². The van der Waals surface area contributed by atoms with E-state index in [1.165, 1.54) is 0 Å². The highest BCUT2D eigenvalue weighted by Crippen LogP contribution is 2.29. The molecule has 0 aliphatic carbocycles. The van der Waals surface area contributed by atoms with Gasteiger partial charge in [0.05, 0.1) is 5.69 Å². The number of hydrogen-bond acceptors (Lipinski definition) is 1. The summed E-state index contributed by atoms with van der Waals surface area (Å²) in [6.07, 6.45) is 1.11. The normalized spacial score (nSPS) is 10.4. The van der Waals surface area contributed by atoms with Gasteiger partial charge in [-0.2, -0.15) is 0 Å². The van der Waals surface area contributed by atoms with Gasteiger partial charge in [0.25, 0.3) is 0 Å². The van der Waals surface area contributed by atoms with E-state index < -0.39 is 17.3 Å². The number of benzene rings is 1. The van der Waals surface area contributed by atoms with E-state index in [0.29, 0.717) is 10.6 Å². The molecule has 0 atom stereocenters. The Bertz CT molecular complexity index is 551. The topological polar surface area (TPSA) is 53.1 Å². The van der Waals surface area contributed by atoms with Crippen LogP contribution in [0.5, 0.6) is 0 Å². The molecule has 0 saturated heterocycles. The number of carboxylic acid groups (broad SMARTS) is 1. The third-order valence-electron chi connectivity index (χ3n) is 2.19. The minimum Gasteiger partial charge on any atom is -0.478 e. The van der Waals surface area contributed by atoms with Gasteiger partial charge in [-0.1, -0.05) is 29.8 Å². The van der Waals surface area contributed by atoms with Crippen molar-refractivity contribution in [3.05, 3.63) is 46.9 Å². The number of H-pyrrole nitrogens is 1. The Labute approximate surface area is 95.5 Å². The highest BCUT2D eigenvalue weighted by molar-refractivity contribution is 6.33. The van der Waals surface area contributed by atoms with Crippen molar-refractivity contribution in [1.29, 1.82) is 0 Å². The first-order chi connectivity index (χ1) is 7.61. The molecule has 2 aromatic rings. The Kier molecular flexibility index (Phi) is 2.66. The maximum absolute atomic E-state index is 13.7. The molecule has 0 radical (unpaired) electrons. The average molecular weight is 240 g/mol. The van der Waals surface area contributed by atoms with E-state index in [1.54, 1.807) is 24.3 Å². The van der Waals surface area contributed by atoms with Crippen molar-refractivity contribution < 1.29 is 14.3 Å². The van der Waals surface area contributed by atoms with Crippen LogP contribution in [0.4, 0.5) is 4.39 Å². The van der Waals surface area contributed by atoms with Gasteiger partial charge >= 0.3 is 5.97 Å². The van der Waals surface area contributed by atoms with Gasteiger partial charge in [-0.25, -0.2) is 9.18 Å². The van der Waals surface area contributed by atoms with Crippen LogP contribution in [-0.4, -0.2) is 16.1 Å². The number of aromatic carboxylic acids is 1. The van der Waals surface area contributed by atoms with Crippen LogP contribution in [0.1, 0.15) is 10.4 Å². The maximum atomic E-state index is 13.7. The van der Waals surface area contributed by atoms with Crippen molar-refractivity contribution in [1.82, 2.24) is 4.98 Å². The standard InChI is InChI=1S/C11H7ClFNO2/c12-8-4-2-1-3-6(8)10-9(13)7(5-14-10)11(15)16/h1-5,14H,(H,15,16). The number of carboxylic acids is 1. The first-order valence-electron chi connectivity index (χ1n) is 4.46. The summed E-state index contributed by atoms with van der Waals surface area (Å²) < 4.78 is 13.7. The van der Waals surface area contributed by atoms with Gasteiger partial charge in [0.1, 0.15) is 5.56 Å². The molecule has 0 saturated carbocycles. The second-order valence-electron chi connectivity index (χ2n) is 3.18. The summed E-state index contributed by atoms with van der Waals surface area (Å²) >= 11 is 5.89. The number of hydrogen-bond donors (Lipinski definition) is 2. The molecule has 1 heterocycles. The van der Waals surface area contributed by atoms with Crippen LogP contribution in [-0.2, 0) is 0 Å². The monoisotopic (exact) mass is 239 g/mol. The van der Waals surface area contributed by atoms with Crippen LogP contribution < -0.4 is 0 Å². The largest absolute Gasteiger partial charge is 0.478 e. The van der Waals surface area contributed by atoms with Gasteiger partial charge < -0.3 is 10.1 Å². The third-order valence-corrected chi connectivity index (χ3v) is 2.52. The quantitative estimate of drug-likeness (QED) is 0.846. The lowest BCUT2D eigenvalue weighted by Gasteiger charge is -2.01. The molecule has 0 aliphatic rings. The second kappa shape index (κ2) is 3.98. The molecular formula is C11H7ClFNO2. The van der Waals surface area contributed by atoms with Gasteiger partial charge in [0.15, 0.2) is 5.82 Å². The van der Waals surface area contributed by atoms with Crippen LogP contribution in [0.3, 0.4) is 0 Å². The summed E-state index contributed by atoms with van der Waals surface area (Å²) in [4.78, 5) is 13.2. The third kappa shape index (κ3) is 1.67. The molecule has 0 spiro atoms. The molecule has 0 fully saturated rings. The number of halogens is 2. The molecule has 1 aromatic heterocycles. The van der Waals surface area contributed by atoms with E-state index >= 15 is 0 Å². The summed E-state index contributed by atoms with van der Waals surface area (Å²) in [5.74, 6) is -2.12. The summed E-state index contributed by atoms with van der Waals surface area (Å²) in [6.45, 7) is 0. The number of rotatable bonds is 2. The van der Waals surface area contributed by atoms with Gasteiger partial charge in [0.2, 0.25) is 0 Å². The molecular weight excluding hydrogens is 233 g/mol. The predicted molar refractivity (Wildman–Crippen MR) is 58.2 cm³/mol. The van der Waals surface area contributed by atoms with Gasteiger partial charge in [-0.3, -0.25) is 0 Å². The number of aromatic amines is 1. The fourth-order valence-electron chi connectivity index (χ4n) is 1.42. The molecule has 1 aromatic carbocycles. The van der Waals surface area contributed by atoms with E-state index in [4.69, 9.17) is 16.7 Å². The van der Waals surface area contributed by atoms with Crippen molar-refractivity contribution in [3.63, 3.8) is 0 Å². The molecule has 2 rings (SSSR count). The minimum atomic E-state index is -1.31. The molecule has 0 unspecified atom stereocenters. The lowest BCUT2D eigenvalue weighted by atomic mass is 10.1. The number of nitrogens with one attached hydrogen (secondary N) is 1. The van der Waals surface area contributed by atoms with Crippen LogP contribution >= 0.6 is 11.6 Å². The Morgan fingerprint density at radius 2 is 2.06 bits per heavy atom. The van der Waals surface area contributed by atoms with Crippen LogP contribution in [0.2, 0.25) is 5.02 Å². The summed E-state index contributed by atoms with van der Waals surface area (Å²) in [7, 11) is 0. The maximum Gasteiger partial charge on any atom is 0.340 e. The van der Waals surface area contributed by atoms with Gasteiger partial charge in [-0.15, -0.1) is 0 Å². The molecule has 2 N–H and O–H groups in total. The Morgan fingerprint density at radius 1 is 1.38 bits per heavy atom. The smallest absolute Gasteiger partial charge is 0.340 e. The molecule has 3 nitrogen and oxygen atoms in total. The lowest BCUT2D eigenvalue weighted by Crippen LogP contribution is -1.96. The molecule has 16 heavy (non-hydrogen) atoms. The van der Waals surface area contributed by atoms with E-state index in [9.17, 15) is 9.18 Å². The number of aromatic nitrogens is 1. The zero-order valence-electron chi connectivity index (χ0n) is 8.00. The van der Waals surface area contributed by atoms with Crippen molar-refractivity contribution in [2.24, 2.45) is 0 Å². The molecule has 0 bridgehead atoms. The first-order valence-corrected chi connectivity index (χ1v) is 4.84. The predicted octanol–water partition coefficient (Wildman–Crippen LogP) is 3.17. The first kappa shape index (κ1) is 10.7. The highest BCUT2D eigenvalue weighted by Gasteiger charge is 2.18. The van der Waals surface area contributed by atoms with E-state index in [1.807, 2.05) is 0 Å². The average Bonchev–Trinajstić information content (AvgIpc) is 2.61. The summed E-state index contributed by atoms with van der Waals surface area (Å²) in [5.41, 5.74) is 0.132. The van der Waals surface area contributed by atoms with Crippen molar-refractivity contribution in [3.8, 4) is 11.3 Å². The SMILES string of the molecule is O=C(O)c1c[nH]c(-c2ccccc2Cl)c1F. The Morgan fingerprint density at radius 3 is 2.62 bits per heavy atom. The fourth-order valence-corrected chi connectivity index (χ4v) is 1.65. The minimum absolute atomic E-state index is 0.0861. The van der Waals surface area contributed by atoms with Crippen LogP contribution in [0.25, 0.3) is 11.3 Å². The molecule has 0 aliphatic heterocycles. The summed E-state index contributed by atoms with van der Waals surface area (Å²) in [5, 5.41) is 9.06. The van der Waals surface area contributed by atoms with Crippen molar-refractivity contribution in [2.45, 2.75) is 0 Å².